The van der Waals surface area contributed by atoms with Crippen LogP contribution in [0, 0.1) is 0 Å². The minimum Gasteiger partial charge on any atom is -0.378 e. The predicted molar refractivity (Wildman–Crippen MR) is 73.7 cm³/mol. The number of morpholine rings is 1. The van der Waals surface area contributed by atoms with Gasteiger partial charge in [-0.1, -0.05) is 30.9 Å². The minimum absolute atomic E-state index is 0.651. The lowest BCUT2D eigenvalue weighted by Crippen LogP contribution is -2.36. The fourth-order valence-electron chi connectivity index (χ4n) is 2.02. The van der Waals surface area contributed by atoms with Gasteiger partial charge >= 0.3 is 0 Å². The van der Waals surface area contributed by atoms with Crippen molar-refractivity contribution < 1.29 is 9.53 Å². The number of ether oxygens (including phenoxy) is 1. The van der Waals surface area contributed by atoms with Crippen LogP contribution in [0.3, 0.4) is 0 Å². The molecule has 0 amide bonds. The van der Waals surface area contributed by atoms with Crippen molar-refractivity contribution >= 4 is 17.5 Å². The highest BCUT2D eigenvalue weighted by atomic mass is 16.5. The molecule has 1 aliphatic heterocycles. The zero-order valence-corrected chi connectivity index (χ0v) is 10.3. The normalized spacial score (nSPS) is 16.4. The second-order valence-corrected chi connectivity index (χ2v) is 4.12. The van der Waals surface area contributed by atoms with Crippen LogP contribution in [0.1, 0.15) is 5.56 Å². The van der Waals surface area contributed by atoms with Gasteiger partial charge in [0.1, 0.15) is 0 Å². The molecule has 1 aromatic carbocycles. The van der Waals surface area contributed by atoms with Gasteiger partial charge in [0.2, 0.25) is 0 Å². The van der Waals surface area contributed by atoms with Crippen molar-refractivity contribution in [2.45, 2.75) is 0 Å². The Morgan fingerprint density at radius 1 is 1.22 bits per heavy atom. The second-order valence-electron chi connectivity index (χ2n) is 4.12. The fraction of sp³-hybridized carbons (Fsp3) is 0.267. The molecule has 0 aromatic heterocycles. The monoisotopic (exact) mass is 243 g/mol. The summed E-state index contributed by atoms with van der Waals surface area (Å²) in [5.41, 5.74) is 2.74. The summed E-state index contributed by atoms with van der Waals surface area (Å²) in [5.74, 6) is 0. The molecular formula is C15H17NO2. The van der Waals surface area contributed by atoms with E-state index >= 15 is 0 Å². The number of nitrogens with zero attached hydrogens (tertiary/aromatic N) is 1. The van der Waals surface area contributed by atoms with Gasteiger partial charge in [-0.05, 0) is 17.7 Å². The third-order valence-electron chi connectivity index (χ3n) is 3.00. The Bertz CT molecular complexity index is 442. The maximum atomic E-state index is 10.9. The summed E-state index contributed by atoms with van der Waals surface area (Å²) in [5, 5.41) is 0. The number of hydrogen-bond donors (Lipinski definition) is 0. The maximum Gasteiger partial charge on any atom is 0.150 e. The molecule has 3 nitrogen and oxygen atoms in total. The van der Waals surface area contributed by atoms with Crippen molar-refractivity contribution in [3.8, 4) is 0 Å². The molecule has 3 heteroatoms. The number of anilines is 1. The Balaban J connectivity index is 2.16. The molecule has 0 radical (unpaired) electrons. The van der Waals surface area contributed by atoms with Gasteiger partial charge in [0.05, 0.1) is 13.2 Å². The summed E-state index contributed by atoms with van der Waals surface area (Å²) in [6, 6.07) is 8.02. The zero-order chi connectivity index (χ0) is 12.8. The minimum atomic E-state index is 0.651. The van der Waals surface area contributed by atoms with E-state index < -0.39 is 0 Å². The smallest absolute Gasteiger partial charge is 0.150 e. The average molecular weight is 243 g/mol. The Morgan fingerprint density at radius 2 is 1.89 bits per heavy atom. The van der Waals surface area contributed by atoms with E-state index in [4.69, 9.17) is 4.74 Å². The van der Waals surface area contributed by atoms with Gasteiger partial charge in [-0.3, -0.25) is 4.79 Å². The van der Waals surface area contributed by atoms with Crippen LogP contribution < -0.4 is 4.90 Å². The molecule has 94 valence electrons. The van der Waals surface area contributed by atoms with Gasteiger partial charge in [0, 0.05) is 24.4 Å². The van der Waals surface area contributed by atoms with Crippen LogP contribution >= 0.6 is 0 Å². The first-order valence-electron chi connectivity index (χ1n) is 6.06. The van der Waals surface area contributed by atoms with Crippen LogP contribution in [0.4, 0.5) is 5.69 Å². The average Bonchev–Trinajstić information content (AvgIpc) is 2.46. The molecule has 0 atom stereocenters. The molecule has 0 aliphatic carbocycles. The number of benzene rings is 1. The quantitative estimate of drug-likeness (QED) is 0.461. The van der Waals surface area contributed by atoms with Crippen molar-refractivity contribution in [3.05, 3.63) is 48.6 Å². The number of rotatable bonds is 4. The molecular weight excluding hydrogens is 226 g/mol. The number of aldehydes is 1. The summed E-state index contributed by atoms with van der Waals surface area (Å²) >= 11 is 0. The molecule has 0 saturated carbocycles. The van der Waals surface area contributed by atoms with Crippen molar-refractivity contribution in [3.63, 3.8) is 0 Å². The van der Waals surface area contributed by atoms with Gasteiger partial charge in [-0.15, -0.1) is 0 Å². The van der Waals surface area contributed by atoms with Crippen molar-refractivity contribution in [2.75, 3.05) is 31.2 Å². The van der Waals surface area contributed by atoms with Crippen LogP contribution in [0.2, 0.25) is 0 Å². The van der Waals surface area contributed by atoms with Gasteiger partial charge in [-0.25, -0.2) is 0 Å². The van der Waals surface area contributed by atoms with Gasteiger partial charge in [-0.2, -0.15) is 0 Å². The standard InChI is InChI=1S/C15H17NO2/c1-2-3-14(12-17)13-4-6-15(7-5-13)16-8-10-18-11-9-16/h2-7,12H,1,8-11H2/b14-3-. The van der Waals surface area contributed by atoms with Crippen LogP contribution in [-0.2, 0) is 9.53 Å². The Labute approximate surface area is 107 Å². The molecule has 2 rings (SSSR count). The molecule has 1 aromatic rings. The van der Waals surface area contributed by atoms with Crippen LogP contribution in [0.5, 0.6) is 0 Å². The molecule has 1 heterocycles. The van der Waals surface area contributed by atoms with E-state index in [1.807, 2.05) is 24.3 Å². The SMILES string of the molecule is C=C/C=C(/C=O)c1ccc(N2CCOCC2)cc1. The highest BCUT2D eigenvalue weighted by Crippen LogP contribution is 2.20. The Kier molecular flexibility index (Phi) is 4.31. The Hall–Kier alpha value is -1.87. The van der Waals surface area contributed by atoms with E-state index in [1.54, 1.807) is 12.2 Å². The van der Waals surface area contributed by atoms with Crippen LogP contribution in [0.15, 0.2) is 43.0 Å². The van der Waals surface area contributed by atoms with Gasteiger partial charge in [0.15, 0.2) is 6.29 Å². The zero-order valence-electron chi connectivity index (χ0n) is 10.3. The molecule has 0 N–H and O–H groups in total. The maximum absolute atomic E-state index is 10.9. The summed E-state index contributed by atoms with van der Waals surface area (Å²) < 4.78 is 5.32. The molecule has 0 bridgehead atoms. The van der Waals surface area contributed by atoms with E-state index in [0.717, 1.165) is 38.2 Å². The van der Waals surface area contributed by atoms with E-state index in [-0.39, 0.29) is 0 Å². The molecule has 18 heavy (non-hydrogen) atoms. The van der Waals surface area contributed by atoms with E-state index in [2.05, 4.69) is 11.5 Å². The highest BCUT2D eigenvalue weighted by molar-refractivity contribution is 6.07. The first-order valence-corrected chi connectivity index (χ1v) is 6.06. The lowest BCUT2D eigenvalue weighted by Gasteiger charge is -2.28. The Morgan fingerprint density at radius 3 is 2.44 bits per heavy atom. The predicted octanol–water partition coefficient (Wildman–Crippen LogP) is 2.29. The third kappa shape index (κ3) is 2.87. The van der Waals surface area contributed by atoms with E-state index in [1.165, 1.54) is 5.69 Å². The fourth-order valence-corrected chi connectivity index (χ4v) is 2.02. The summed E-state index contributed by atoms with van der Waals surface area (Å²) in [4.78, 5) is 13.2. The lowest BCUT2D eigenvalue weighted by molar-refractivity contribution is -0.103. The van der Waals surface area contributed by atoms with Gasteiger partial charge in [0.25, 0.3) is 0 Å². The molecule has 1 aliphatic rings. The number of hydrogen-bond acceptors (Lipinski definition) is 3. The van der Waals surface area contributed by atoms with Crippen molar-refractivity contribution in [1.82, 2.24) is 0 Å². The highest BCUT2D eigenvalue weighted by Gasteiger charge is 2.11. The first kappa shape index (κ1) is 12.6. The third-order valence-corrected chi connectivity index (χ3v) is 3.00. The molecule has 0 unspecified atom stereocenters. The second kappa shape index (κ2) is 6.17. The van der Waals surface area contributed by atoms with E-state index in [9.17, 15) is 4.79 Å². The summed E-state index contributed by atoms with van der Waals surface area (Å²) in [6.45, 7) is 7.00. The van der Waals surface area contributed by atoms with Crippen LogP contribution in [-0.4, -0.2) is 32.6 Å². The van der Waals surface area contributed by atoms with Gasteiger partial charge < -0.3 is 9.64 Å². The molecule has 1 fully saturated rings. The van der Waals surface area contributed by atoms with Crippen LogP contribution in [0.25, 0.3) is 5.57 Å². The molecule has 1 saturated heterocycles. The first-order chi connectivity index (χ1) is 8.85. The number of carbonyl (C=O) groups excluding carboxylic acids is 1. The van der Waals surface area contributed by atoms with E-state index in [0.29, 0.717) is 5.57 Å². The summed E-state index contributed by atoms with van der Waals surface area (Å²) in [7, 11) is 0. The van der Waals surface area contributed by atoms with Crippen molar-refractivity contribution in [2.24, 2.45) is 0 Å². The lowest BCUT2D eigenvalue weighted by atomic mass is 10.1. The number of carbonyl (C=O) groups is 1. The topological polar surface area (TPSA) is 29.5 Å². The largest absolute Gasteiger partial charge is 0.378 e. The number of allylic oxidation sites excluding steroid dienone is 3. The van der Waals surface area contributed by atoms with Crippen molar-refractivity contribution in [1.29, 1.82) is 0 Å². The molecule has 0 spiro atoms. The summed E-state index contributed by atoms with van der Waals surface area (Å²) in [6.07, 6.45) is 4.20.